The van der Waals surface area contributed by atoms with E-state index >= 15 is 0 Å². The first-order valence-electron chi connectivity index (χ1n) is 10.3. The number of anilines is 2. The van der Waals surface area contributed by atoms with Gasteiger partial charge in [0.2, 0.25) is 5.91 Å². The number of benzene rings is 3. The Balaban J connectivity index is 1.71. The summed E-state index contributed by atoms with van der Waals surface area (Å²) in [6, 6.07) is 14.5. The highest BCUT2D eigenvalue weighted by Gasteiger charge is 2.23. The molecule has 1 atom stereocenters. The summed E-state index contributed by atoms with van der Waals surface area (Å²) < 4.78 is 46.3. The molecular weight excluding hydrogens is 477 g/mol. The molecule has 0 aliphatic carbocycles. The van der Waals surface area contributed by atoms with Gasteiger partial charge in [-0.25, -0.2) is 17.6 Å². The highest BCUT2D eigenvalue weighted by molar-refractivity contribution is 7.92. The van der Waals surface area contributed by atoms with E-state index in [1.165, 1.54) is 55.5 Å². The fourth-order valence-electron chi connectivity index (χ4n) is 2.99. The second kappa shape index (κ2) is 10.3. The van der Waals surface area contributed by atoms with Crippen LogP contribution in [0.2, 0.25) is 0 Å². The average Bonchev–Trinajstić information content (AvgIpc) is 2.80. The number of nitrogens with two attached hydrogens (primary N) is 1. The minimum absolute atomic E-state index is 0.0828. The predicted octanol–water partition coefficient (Wildman–Crippen LogP) is 3.22. The van der Waals surface area contributed by atoms with Crippen LogP contribution >= 0.6 is 0 Å². The third-order valence-corrected chi connectivity index (χ3v) is 6.42. The Labute approximate surface area is 201 Å². The molecule has 0 radical (unpaired) electrons. The number of nitrogens with one attached hydrogen (secondary N) is 2. The number of ether oxygens (including phenoxy) is 1. The van der Waals surface area contributed by atoms with Crippen molar-refractivity contribution in [2.75, 3.05) is 10.0 Å². The van der Waals surface area contributed by atoms with E-state index in [-0.39, 0.29) is 21.7 Å². The third kappa shape index (κ3) is 6.42. The summed E-state index contributed by atoms with van der Waals surface area (Å²) in [5.41, 5.74) is 6.23. The molecule has 3 aromatic carbocycles. The number of carbonyl (C=O) groups is 3. The maximum absolute atomic E-state index is 13.1. The second-order valence-corrected chi connectivity index (χ2v) is 9.22. The van der Waals surface area contributed by atoms with E-state index in [9.17, 15) is 27.2 Å². The van der Waals surface area contributed by atoms with Gasteiger partial charge in [0, 0.05) is 16.9 Å². The number of hydrogen-bond donors (Lipinski definition) is 3. The quantitative estimate of drug-likeness (QED) is 0.406. The number of rotatable bonds is 8. The van der Waals surface area contributed by atoms with Gasteiger partial charge in [-0.2, -0.15) is 0 Å². The smallest absolute Gasteiger partial charge is 0.338 e. The van der Waals surface area contributed by atoms with Crippen molar-refractivity contribution in [1.82, 2.24) is 0 Å². The van der Waals surface area contributed by atoms with E-state index in [0.29, 0.717) is 11.3 Å². The Hall–Kier alpha value is -4.25. The molecule has 9 nitrogen and oxygen atoms in total. The van der Waals surface area contributed by atoms with Crippen molar-refractivity contribution < 1.29 is 31.9 Å². The van der Waals surface area contributed by atoms with Crippen LogP contribution in [-0.4, -0.2) is 32.3 Å². The molecule has 0 spiro atoms. The molecule has 4 N–H and O–H groups in total. The fourth-order valence-corrected chi connectivity index (χ4v) is 4.32. The van der Waals surface area contributed by atoms with Gasteiger partial charge in [-0.1, -0.05) is 6.07 Å². The maximum atomic E-state index is 13.1. The molecule has 3 rings (SSSR count). The Kier molecular flexibility index (Phi) is 7.50. The first kappa shape index (κ1) is 25.4. The van der Waals surface area contributed by atoms with Crippen molar-refractivity contribution in [2.45, 2.75) is 24.8 Å². The predicted molar refractivity (Wildman–Crippen MR) is 127 cm³/mol. The van der Waals surface area contributed by atoms with Gasteiger partial charge in [-0.15, -0.1) is 0 Å². The standard InChI is InChI=1S/C24H22FN3O6S/c1-14-3-4-17(13-21(14)35(32,33)28-20-11-7-18(25)8-12-20)24(31)34-15(2)23(30)27-19-9-5-16(6-10-19)22(26)29/h3-13,15,28H,1-2H3,(H2,26,29)(H,27,30). The van der Waals surface area contributed by atoms with Gasteiger partial charge in [-0.3, -0.25) is 14.3 Å². The van der Waals surface area contributed by atoms with E-state index in [2.05, 4.69) is 10.0 Å². The highest BCUT2D eigenvalue weighted by atomic mass is 32.2. The summed E-state index contributed by atoms with van der Waals surface area (Å²) in [4.78, 5) is 36.0. The SMILES string of the molecule is Cc1ccc(C(=O)OC(C)C(=O)Nc2ccc(C(N)=O)cc2)cc1S(=O)(=O)Nc1ccc(F)cc1. The molecule has 2 amide bonds. The molecular formula is C24H22FN3O6S. The van der Waals surface area contributed by atoms with E-state index in [0.717, 1.165) is 18.2 Å². The van der Waals surface area contributed by atoms with Gasteiger partial charge in [0.05, 0.1) is 10.5 Å². The van der Waals surface area contributed by atoms with Gasteiger partial charge in [0.15, 0.2) is 6.10 Å². The lowest BCUT2D eigenvalue weighted by atomic mass is 10.1. The van der Waals surface area contributed by atoms with Crippen molar-refractivity contribution in [3.8, 4) is 0 Å². The summed E-state index contributed by atoms with van der Waals surface area (Å²) >= 11 is 0. The Morgan fingerprint density at radius 2 is 1.49 bits per heavy atom. The summed E-state index contributed by atoms with van der Waals surface area (Å²) in [6.07, 6.45) is -1.21. The van der Waals surface area contributed by atoms with Crippen LogP contribution in [0.1, 0.15) is 33.2 Å². The molecule has 1 unspecified atom stereocenters. The molecule has 0 aromatic heterocycles. The lowest BCUT2D eigenvalue weighted by molar-refractivity contribution is -0.123. The normalized spacial score (nSPS) is 11.9. The van der Waals surface area contributed by atoms with Crippen LogP contribution in [0.4, 0.5) is 15.8 Å². The van der Waals surface area contributed by atoms with Crippen LogP contribution in [0.3, 0.4) is 0 Å². The van der Waals surface area contributed by atoms with Gasteiger partial charge < -0.3 is 15.8 Å². The van der Waals surface area contributed by atoms with Gasteiger partial charge >= 0.3 is 5.97 Å². The molecule has 0 saturated carbocycles. The van der Waals surface area contributed by atoms with Crippen LogP contribution in [0.25, 0.3) is 0 Å². The van der Waals surface area contributed by atoms with Crippen molar-refractivity contribution in [1.29, 1.82) is 0 Å². The van der Waals surface area contributed by atoms with Gasteiger partial charge in [0.25, 0.3) is 15.9 Å². The number of primary amides is 1. The monoisotopic (exact) mass is 499 g/mol. The van der Waals surface area contributed by atoms with E-state index in [1.54, 1.807) is 6.92 Å². The molecule has 0 aliphatic rings. The molecule has 0 saturated heterocycles. The number of amides is 2. The fraction of sp³-hybridized carbons (Fsp3) is 0.125. The summed E-state index contributed by atoms with van der Waals surface area (Å²) in [5, 5.41) is 2.54. The molecule has 35 heavy (non-hydrogen) atoms. The van der Waals surface area contributed by atoms with E-state index in [1.807, 2.05) is 0 Å². The highest BCUT2D eigenvalue weighted by Crippen LogP contribution is 2.22. The topological polar surface area (TPSA) is 145 Å². The van der Waals surface area contributed by atoms with E-state index < -0.39 is 39.7 Å². The summed E-state index contributed by atoms with van der Waals surface area (Å²) in [7, 11) is -4.10. The molecule has 3 aromatic rings. The average molecular weight is 500 g/mol. The van der Waals surface area contributed by atoms with Crippen LogP contribution < -0.4 is 15.8 Å². The molecule has 0 heterocycles. The lowest BCUT2D eigenvalue weighted by Crippen LogP contribution is -2.30. The molecule has 0 aliphatic heterocycles. The number of hydrogen-bond acceptors (Lipinski definition) is 6. The van der Waals surface area contributed by atoms with Gasteiger partial charge in [0.1, 0.15) is 5.82 Å². The number of halogens is 1. The number of sulfonamides is 1. The molecule has 0 fully saturated rings. The Morgan fingerprint density at radius 3 is 2.09 bits per heavy atom. The van der Waals surface area contributed by atoms with Crippen LogP contribution in [0.15, 0.2) is 71.6 Å². The lowest BCUT2D eigenvalue weighted by Gasteiger charge is -2.15. The molecule has 182 valence electrons. The van der Waals surface area contributed by atoms with Crippen molar-refractivity contribution in [3.63, 3.8) is 0 Å². The van der Waals surface area contributed by atoms with E-state index in [4.69, 9.17) is 10.5 Å². The van der Waals surface area contributed by atoms with Gasteiger partial charge in [-0.05, 0) is 80.1 Å². The third-order valence-electron chi connectivity index (χ3n) is 4.90. The zero-order valence-corrected chi connectivity index (χ0v) is 19.6. The van der Waals surface area contributed by atoms with Crippen molar-refractivity contribution >= 4 is 39.2 Å². The molecule has 11 heteroatoms. The van der Waals surface area contributed by atoms with Crippen molar-refractivity contribution in [3.05, 3.63) is 89.2 Å². The second-order valence-electron chi connectivity index (χ2n) is 7.57. The van der Waals surface area contributed by atoms with Crippen LogP contribution in [0, 0.1) is 12.7 Å². The van der Waals surface area contributed by atoms with Crippen LogP contribution in [-0.2, 0) is 19.6 Å². The zero-order valence-electron chi connectivity index (χ0n) is 18.7. The Bertz CT molecular complexity index is 1370. The van der Waals surface area contributed by atoms with Crippen molar-refractivity contribution in [2.24, 2.45) is 5.73 Å². The summed E-state index contributed by atoms with van der Waals surface area (Å²) in [6.45, 7) is 2.90. The molecule has 0 bridgehead atoms. The first-order valence-corrected chi connectivity index (χ1v) is 11.8. The minimum Gasteiger partial charge on any atom is -0.449 e. The maximum Gasteiger partial charge on any atom is 0.338 e. The summed E-state index contributed by atoms with van der Waals surface area (Å²) in [5.74, 6) is -2.68. The first-order chi connectivity index (χ1) is 16.5. The number of esters is 1. The zero-order chi connectivity index (χ0) is 25.8. The number of carbonyl (C=O) groups excluding carboxylic acids is 3. The minimum atomic E-state index is -4.10. The largest absolute Gasteiger partial charge is 0.449 e. The van der Waals surface area contributed by atoms with Crippen LogP contribution in [0.5, 0.6) is 0 Å². The number of aryl methyl sites for hydroxylation is 1. The Morgan fingerprint density at radius 1 is 0.914 bits per heavy atom.